The van der Waals surface area contributed by atoms with Gasteiger partial charge in [0.05, 0.1) is 11.9 Å². The molecule has 33 heavy (non-hydrogen) atoms. The molecule has 0 saturated carbocycles. The zero-order valence-corrected chi connectivity index (χ0v) is 20.5. The van der Waals surface area contributed by atoms with Crippen LogP contribution in [0.1, 0.15) is 25.7 Å². The highest BCUT2D eigenvalue weighted by atomic mass is 32.3. The molecule has 7 unspecified atom stereocenters. The van der Waals surface area contributed by atoms with E-state index < -0.39 is 10.0 Å². The topological polar surface area (TPSA) is 30.9 Å². The van der Waals surface area contributed by atoms with Gasteiger partial charge in [-0.3, -0.25) is 9.89 Å². The molecule has 174 valence electrons. The number of likely N-dealkylation sites (tertiary alicyclic amines) is 1. The van der Waals surface area contributed by atoms with Crippen molar-refractivity contribution in [2.45, 2.75) is 52.5 Å². The molecule has 5 heteroatoms. The standard InChI is InChI=1S/C28H36N4S/c1-31-17-7-12-25-28(31)32(20-8-3-2-4-9-20)23-10-5-6-11-24(23)33(25)26-18-29-15-13-21(26)22-14-16-30-19-27(22)33/h2-6,8-11,18,21-22,25-28,30H,7,12-17,19H2,1H3. The summed E-state index contributed by atoms with van der Waals surface area (Å²) in [7, 11) is 1.29. The van der Waals surface area contributed by atoms with Crippen LogP contribution in [0.25, 0.3) is 0 Å². The summed E-state index contributed by atoms with van der Waals surface area (Å²) in [6.45, 7) is 4.63. The second-order valence-electron chi connectivity index (χ2n) is 10.7. The summed E-state index contributed by atoms with van der Waals surface area (Å²) in [5.74, 6) is 1.69. The largest absolute Gasteiger partial charge is 0.323 e. The van der Waals surface area contributed by atoms with Crippen LogP contribution < -0.4 is 10.2 Å². The molecule has 0 aromatic heterocycles. The van der Waals surface area contributed by atoms with Crippen LogP contribution in [-0.2, 0) is 0 Å². The fraction of sp³-hybridized carbons (Fsp3) is 0.536. The Bertz CT molecular complexity index is 1060. The Kier molecular flexibility index (Phi) is 4.89. The predicted octanol–water partition coefficient (Wildman–Crippen LogP) is 4.87. The summed E-state index contributed by atoms with van der Waals surface area (Å²) in [5.41, 5.74) is 2.81. The summed E-state index contributed by atoms with van der Waals surface area (Å²) in [5, 5.41) is 5.99. The molecule has 5 aliphatic heterocycles. The van der Waals surface area contributed by atoms with Crippen molar-refractivity contribution in [3.05, 3.63) is 54.6 Å². The summed E-state index contributed by atoms with van der Waals surface area (Å²) in [6, 6.07) is 20.7. The number of fused-ring (bicyclic) bond motifs is 9. The summed E-state index contributed by atoms with van der Waals surface area (Å²) in [4.78, 5) is 12.1. The lowest BCUT2D eigenvalue weighted by Gasteiger charge is -2.64. The van der Waals surface area contributed by atoms with Gasteiger partial charge in [0.1, 0.15) is 0 Å². The quantitative estimate of drug-likeness (QED) is 0.658. The first-order valence-electron chi connectivity index (χ1n) is 13.0. The first-order chi connectivity index (χ1) is 16.3. The third kappa shape index (κ3) is 2.76. The van der Waals surface area contributed by atoms with Crippen molar-refractivity contribution in [2.24, 2.45) is 16.8 Å². The highest BCUT2D eigenvalue weighted by Gasteiger charge is 2.65. The van der Waals surface area contributed by atoms with Gasteiger partial charge in [0.15, 0.2) is 0 Å². The molecule has 2 aromatic rings. The molecule has 1 spiro atoms. The second kappa shape index (κ2) is 7.86. The molecule has 0 bridgehead atoms. The van der Waals surface area contributed by atoms with Crippen LogP contribution in [0, 0.1) is 11.8 Å². The number of nitrogens with one attached hydrogen (secondary N) is 1. The SMILES string of the molecule is CN1CCCC2C1N(c1ccccc1)c1ccccc1S21C2C=NCCC2C2CCNCC21. The van der Waals surface area contributed by atoms with Crippen molar-refractivity contribution in [3.8, 4) is 0 Å². The second-order valence-corrected chi connectivity index (χ2v) is 14.4. The average Bonchev–Trinajstić information content (AvgIpc) is 3.17. The fourth-order valence-electron chi connectivity index (χ4n) is 8.24. The van der Waals surface area contributed by atoms with Gasteiger partial charge in [-0.2, -0.15) is 10.0 Å². The van der Waals surface area contributed by atoms with E-state index in [1.54, 1.807) is 4.90 Å². The predicted molar refractivity (Wildman–Crippen MR) is 140 cm³/mol. The Morgan fingerprint density at radius 3 is 2.70 bits per heavy atom. The zero-order valence-electron chi connectivity index (χ0n) is 19.6. The molecule has 0 aliphatic carbocycles. The number of hydrogen-bond donors (Lipinski definition) is 1. The number of anilines is 2. The summed E-state index contributed by atoms with van der Waals surface area (Å²) >= 11 is 0. The molecule has 7 atom stereocenters. The van der Waals surface area contributed by atoms with Crippen LogP contribution in [-0.4, -0.2) is 66.3 Å². The molecule has 3 fully saturated rings. The van der Waals surface area contributed by atoms with E-state index in [9.17, 15) is 0 Å². The van der Waals surface area contributed by atoms with E-state index in [1.165, 1.54) is 56.7 Å². The molecule has 1 N–H and O–H groups in total. The van der Waals surface area contributed by atoms with E-state index >= 15 is 0 Å². The number of piperidine rings is 2. The molecule has 0 radical (unpaired) electrons. The Balaban J connectivity index is 1.51. The normalized spacial score (nSPS) is 41.5. The van der Waals surface area contributed by atoms with Gasteiger partial charge in [-0.1, -0.05) is 30.3 Å². The van der Waals surface area contributed by atoms with E-state index in [4.69, 9.17) is 4.99 Å². The van der Waals surface area contributed by atoms with Gasteiger partial charge < -0.3 is 10.2 Å². The highest BCUT2D eigenvalue weighted by molar-refractivity contribution is 8.36. The van der Waals surface area contributed by atoms with Crippen molar-refractivity contribution >= 4 is 27.6 Å². The Morgan fingerprint density at radius 1 is 0.939 bits per heavy atom. The van der Waals surface area contributed by atoms with Crippen LogP contribution in [0.5, 0.6) is 0 Å². The molecule has 5 heterocycles. The molecule has 0 amide bonds. The maximum absolute atomic E-state index is 4.98. The maximum Gasteiger partial charge on any atom is 0.0976 e. The van der Waals surface area contributed by atoms with Crippen molar-refractivity contribution in [2.75, 3.05) is 38.1 Å². The number of benzene rings is 2. The molecular formula is C28H36N4S. The first-order valence-corrected chi connectivity index (χ1v) is 14.8. The highest BCUT2D eigenvalue weighted by Crippen LogP contribution is 2.80. The van der Waals surface area contributed by atoms with Gasteiger partial charge in [0.25, 0.3) is 0 Å². The Labute approximate surface area is 199 Å². The Hall–Kier alpha value is -1.82. The monoisotopic (exact) mass is 460 g/mol. The summed E-state index contributed by atoms with van der Waals surface area (Å²) < 4.78 is 0. The lowest BCUT2D eigenvalue weighted by Crippen LogP contribution is -2.61. The van der Waals surface area contributed by atoms with E-state index in [0.717, 1.165) is 23.6 Å². The van der Waals surface area contributed by atoms with E-state index in [1.807, 2.05) is 0 Å². The van der Waals surface area contributed by atoms with Crippen LogP contribution in [0.3, 0.4) is 0 Å². The molecule has 4 nitrogen and oxygen atoms in total. The minimum atomic E-state index is -1.09. The van der Waals surface area contributed by atoms with Gasteiger partial charge in [0.2, 0.25) is 0 Å². The van der Waals surface area contributed by atoms with Crippen LogP contribution in [0.4, 0.5) is 11.4 Å². The van der Waals surface area contributed by atoms with E-state index in [2.05, 4.69) is 83.0 Å². The number of para-hydroxylation sites is 2. The lowest BCUT2D eigenvalue weighted by molar-refractivity contribution is 0.191. The molecular weight excluding hydrogens is 424 g/mol. The van der Waals surface area contributed by atoms with Crippen molar-refractivity contribution in [3.63, 3.8) is 0 Å². The van der Waals surface area contributed by atoms with Crippen LogP contribution in [0.15, 0.2) is 64.5 Å². The minimum absolute atomic E-state index is 0.433. The number of aliphatic imine (C=N–C) groups is 1. The van der Waals surface area contributed by atoms with Crippen LogP contribution >= 0.6 is 10.0 Å². The molecule has 3 saturated heterocycles. The summed E-state index contributed by atoms with van der Waals surface area (Å²) in [6.07, 6.45) is 8.23. The fourth-order valence-corrected chi connectivity index (χ4v) is 15.1. The van der Waals surface area contributed by atoms with Crippen molar-refractivity contribution in [1.82, 2.24) is 10.2 Å². The third-order valence-corrected chi connectivity index (χ3v) is 14.8. The van der Waals surface area contributed by atoms with E-state index in [-0.39, 0.29) is 0 Å². The molecule has 7 rings (SSSR count). The van der Waals surface area contributed by atoms with Crippen LogP contribution in [0.2, 0.25) is 0 Å². The minimum Gasteiger partial charge on any atom is -0.323 e. The van der Waals surface area contributed by atoms with E-state index in [0.29, 0.717) is 16.7 Å². The first kappa shape index (κ1) is 20.5. The van der Waals surface area contributed by atoms with Gasteiger partial charge in [-0.05, 0) is 81.9 Å². The smallest absolute Gasteiger partial charge is 0.0976 e. The van der Waals surface area contributed by atoms with Gasteiger partial charge in [0, 0.05) is 45.6 Å². The average molecular weight is 461 g/mol. The number of hydrogen-bond acceptors (Lipinski definition) is 4. The van der Waals surface area contributed by atoms with Gasteiger partial charge in [-0.15, -0.1) is 0 Å². The number of nitrogens with zero attached hydrogens (tertiary/aromatic N) is 3. The Morgan fingerprint density at radius 2 is 1.79 bits per heavy atom. The van der Waals surface area contributed by atoms with Gasteiger partial charge in [-0.25, -0.2) is 0 Å². The van der Waals surface area contributed by atoms with Crippen molar-refractivity contribution in [1.29, 1.82) is 0 Å². The van der Waals surface area contributed by atoms with Crippen molar-refractivity contribution < 1.29 is 0 Å². The molecule has 5 aliphatic rings. The van der Waals surface area contributed by atoms with Gasteiger partial charge >= 0.3 is 0 Å². The lowest BCUT2D eigenvalue weighted by atomic mass is 9.80. The third-order valence-electron chi connectivity index (χ3n) is 9.33. The number of rotatable bonds is 1. The zero-order chi connectivity index (χ0) is 22.0. The maximum atomic E-state index is 4.98. The molecule has 2 aromatic carbocycles.